The number of carbonyl (C=O) groups is 3. The number of hydrogen-bond acceptors (Lipinski definition) is 6. The third-order valence-electron chi connectivity index (χ3n) is 7.03. The van der Waals surface area contributed by atoms with Gasteiger partial charge in [0.25, 0.3) is 0 Å². The van der Waals surface area contributed by atoms with Gasteiger partial charge in [-0.25, -0.2) is 9.59 Å². The molecule has 0 spiro atoms. The van der Waals surface area contributed by atoms with E-state index < -0.39 is 23.6 Å². The Kier molecular flexibility index (Phi) is 5.19. The summed E-state index contributed by atoms with van der Waals surface area (Å²) >= 11 is 0. The molecule has 1 saturated carbocycles. The van der Waals surface area contributed by atoms with Gasteiger partial charge in [-0.2, -0.15) is 0 Å². The van der Waals surface area contributed by atoms with E-state index in [1.807, 2.05) is 6.92 Å². The van der Waals surface area contributed by atoms with Crippen LogP contribution in [0, 0.1) is 17.3 Å². The summed E-state index contributed by atoms with van der Waals surface area (Å²) in [6.45, 7) is 10.7. The molecule has 1 heterocycles. The van der Waals surface area contributed by atoms with Crippen LogP contribution < -0.4 is 0 Å². The lowest BCUT2D eigenvalue weighted by Gasteiger charge is -2.52. The van der Waals surface area contributed by atoms with Crippen LogP contribution in [0.1, 0.15) is 60.8 Å². The molecule has 0 N–H and O–H groups in total. The summed E-state index contributed by atoms with van der Waals surface area (Å²) < 4.78 is 17.2. The number of allylic oxidation sites excluding steroid dienone is 1. The molecule has 3 aliphatic rings. The van der Waals surface area contributed by atoms with Gasteiger partial charge in [-0.05, 0) is 40.5 Å². The highest BCUT2D eigenvalue weighted by molar-refractivity contribution is 5.92. The van der Waals surface area contributed by atoms with Crippen molar-refractivity contribution in [2.45, 2.75) is 78.6 Å². The van der Waals surface area contributed by atoms with Crippen LogP contribution in [0.4, 0.5) is 0 Å². The van der Waals surface area contributed by atoms with Crippen molar-refractivity contribution in [3.8, 4) is 0 Å². The Morgan fingerprint density at radius 2 is 1.96 bits per heavy atom. The quantitative estimate of drug-likeness (QED) is 0.318. The van der Waals surface area contributed by atoms with Crippen LogP contribution in [0.2, 0.25) is 0 Å². The first-order chi connectivity index (χ1) is 13.0. The van der Waals surface area contributed by atoms with E-state index in [0.29, 0.717) is 18.4 Å². The summed E-state index contributed by atoms with van der Waals surface area (Å²) in [7, 11) is 0. The Bertz CT molecular complexity index is 765. The van der Waals surface area contributed by atoms with Gasteiger partial charge in [0.2, 0.25) is 5.60 Å². The summed E-state index contributed by atoms with van der Waals surface area (Å²) in [5.41, 5.74) is -0.0296. The lowest BCUT2D eigenvalue weighted by atomic mass is 9.54. The van der Waals surface area contributed by atoms with Gasteiger partial charge in [0.15, 0.2) is 0 Å². The van der Waals surface area contributed by atoms with Crippen molar-refractivity contribution in [1.82, 2.24) is 0 Å². The van der Waals surface area contributed by atoms with E-state index in [1.165, 1.54) is 6.92 Å². The van der Waals surface area contributed by atoms with Gasteiger partial charge in [0.1, 0.15) is 12.2 Å². The fourth-order valence-corrected chi connectivity index (χ4v) is 5.25. The van der Waals surface area contributed by atoms with Crippen LogP contribution in [0.15, 0.2) is 23.3 Å². The van der Waals surface area contributed by atoms with Crippen LogP contribution in [0.3, 0.4) is 0 Å². The van der Waals surface area contributed by atoms with Gasteiger partial charge in [-0.1, -0.05) is 24.6 Å². The predicted octanol–water partition coefficient (Wildman–Crippen LogP) is 3.49. The van der Waals surface area contributed by atoms with Crippen molar-refractivity contribution >= 4 is 17.9 Å². The predicted molar refractivity (Wildman–Crippen MR) is 102 cm³/mol. The maximum atomic E-state index is 12.8. The molecule has 154 valence electrons. The van der Waals surface area contributed by atoms with Gasteiger partial charge < -0.3 is 14.2 Å². The topological polar surface area (TPSA) is 78.9 Å². The zero-order valence-corrected chi connectivity index (χ0v) is 17.5. The molecular formula is C22H30O6. The zero-order chi connectivity index (χ0) is 20.9. The minimum atomic E-state index is -1.30. The lowest BCUT2D eigenvalue weighted by molar-refractivity contribution is -0.170. The third-order valence-corrected chi connectivity index (χ3v) is 7.03. The first-order valence-corrected chi connectivity index (χ1v) is 9.95. The molecule has 2 fully saturated rings. The molecule has 0 radical (unpaired) electrons. The fourth-order valence-electron chi connectivity index (χ4n) is 5.25. The van der Waals surface area contributed by atoms with E-state index in [4.69, 9.17) is 14.2 Å². The molecule has 0 aromatic rings. The van der Waals surface area contributed by atoms with Crippen molar-refractivity contribution in [3.63, 3.8) is 0 Å². The number of hydrogen-bond donors (Lipinski definition) is 0. The maximum Gasteiger partial charge on any atom is 0.351 e. The number of carbonyl (C=O) groups excluding carboxylic acids is 3. The van der Waals surface area contributed by atoms with E-state index >= 15 is 0 Å². The fraction of sp³-hybridized carbons (Fsp3) is 0.682. The Morgan fingerprint density at radius 1 is 1.29 bits per heavy atom. The zero-order valence-electron chi connectivity index (χ0n) is 17.5. The summed E-state index contributed by atoms with van der Waals surface area (Å²) in [6.07, 6.45) is 5.17. The molecule has 28 heavy (non-hydrogen) atoms. The van der Waals surface area contributed by atoms with E-state index in [-0.39, 0.29) is 29.3 Å². The Morgan fingerprint density at radius 3 is 2.57 bits per heavy atom. The van der Waals surface area contributed by atoms with Crippen molar-refractivity contribution in [1.29, 1.82) is 0 Å². The second kappa shape index (κ2) is 7.05. The molecule has 0 aromatic heterocycles. The Labute approximate surface area is 166 Å². The molecule has 3 rings (SSSR count). The number of esters is 3. The van der Waals surface area contributed by atoms with Crippen LogP contribution in [0.25, 0.3) is 0 Å². The largest absolute Gasteiger partial charge is 0.462 e. The number of ether oxygens (including phenoxy) is 3. The second-order valence-corrected chi connectivity index (χ2v) is 8.75. The van der Waals surface area contributed by atoms with E-state index in [9.17, 15) is 14.4 Å². The summed E-state index contributed by atoms with van der Waals surface area (Å²) in [5, 5.41) is 0. The van der Waals surface area contributed by atoms with Crippen LogP contribution >= 0.6 is 0 Å². The van der Waals surface area contributed by atoms with Gasteiger partial charge in [-0.15, -0.1) is 0 Å². The number of rotatable bonds is 3. The minimum Gasteiger partial charge on any atom is -0.462 e. The summed E-state index contributed by atoms with van der Waals surface area (Å²) in [5.74, 6) is -1.59. The summed E-state index contributed by atoms with van der Waals surface area (Å²) in [6, 6.07) is 0. The van der Waals surface area contributed by atoms with Crippen molar-refractivity contribution in [3.05, 3.63) is 23.3 Å². The summed E-state index contributed by atoms with van der Waals surface area (Å²) in [4.78, 5) is 36.8. The standard InChI is InChI=1S/C22H30O6/c1-7-12(2)19(24)28-22(6)15-10-11-21(5)16(26-14(4)23)9-8-13(3)17(21)18(15)27-20(22)25/h7-8,15-18H,9-11H2,1-6H3/b12-7-/t15-,16+,17-,18+,21+,22-/m0/s1. The molecular weight excluding hydrogens is 360 g/mol. The normalized spacial score (nSPS) is 40.0. The van der Waals surface area contributed by atoms with Crippen molar-refractivity contribution < 1.29 is 28.6 Å². The van der Waals surface area contributed by atoms with Crippen molar-refractivity contribution in [2.75, 3.05) is 0 Å². The first-order valence-electron chi connectivity index (χ1n) is 9.95. The average Bonchev–Trinajstić information content (AvgIpc) is 2.86. The Hall–Kier alpha value is -2.11. The van der Waals surface area contributed by atoms with Crippen molar-refractivity contribution in [2.24, 2.45) is 17.3 Å². The lowest BCUT2D eigenvalue weighted by Crippen LogP contribution is -2.56. The van der Waals surface area contributed by atoms with Crippen LogP contribution in [-0.2, 0) is 28.6 Å². The molecule has 6 nitrogen and oxygen atoms in total. The molecule has 1 aliphatic heterocycles. The van der Waals surface area contributed by atoms with E-state index in [0.717, 1.165) is 12.0 Å². The molecule has 0 amide bonds. The molecule has 0 aromatic carbocycles. The average molecular weight is 390 g/mol. The van der Waals surface area contributed by atoms with Crippen LogP contribution in [0.5, 0.6) is 0 Å². The first kappa shape index (κ1) is 20.6. The monoisotopic (exact) mass is 390 g/mol. The highest BCUT2D eigenvalue weighted by atomic mass is 16.6. The molecule has 6 heteroatoms. The van der Waals surface area contributed by atoms with Gasteiger partial charge in [-0.3, -0.25) is 4.79 Å². The van der Waals surface area contributed by atoms with Gasteiger partial charge >= 0.3 is 17.9 Å². The molecule has 0 bridgehead atoms. The molecule has 6 atom stereocenters. The number of fused-ring (bicyclic) bond motifs is 3. The van der Waals surface area contributed by atoms with E-state index in [2.05, 4.69) is 13.0 Å². The minimum absolute atomic E-state index is 0.0726. The van der Waals surface area contributed by atoms with Gasteiger partial charge in [0.05, 0.1) is 0 Å². The second-order valence-electron chi connectivity index (χ2n) is 8.75. The highest BCUT2D eigenvalue weighted by Gasteiger charge is 2.65. The highest BCUT2D eigenvalue weighted by Crippen LogP contribution is 2.58. The van der Waals surface area contributed by atoms with Gasteiger partial charge in [0, 0.05) is 36.2 Å². The smallest absolute Gasteiger partial charge is 0.351 e. The molecule has 1 saturated heterocycles. The maximum absolute atomic E-state index is 12.8. The molecule has 0 unspecified atom stereocenters. The SMILES string of the molecule is C/C=C(/C)C(=O)O[C@]1(C)C(=O)O[C@H]2[C@@H]3C(C)=CC[C@@H](OC(C)=O)[C@@]3(C)CC[C@@H]21. The third kappa shape index (κ3) is 3.07. The molecule has 2 aliphatic carbocycles. The van der Waals surface area contributed by atoms with Crippen LogP contribution in [-0.4, -0.2) is 35.7 Å². The Balaban J connectivity index is 1.93. The van der Waals surface area contributed by atoms with E-state index in [1.54, 1.807) is 26.8 Å².